The Balaban J connectivity index is 1.69. The second-order valence-corrected chi connectivity index (χ2v) is 6.38. The molecule has 26 heavy (non-hydrogen) atoms. The van der Waals surface area contributed by atoms with Crippen LogP contribution in [0.1, 0.15) is 10.4 Å². The lowest BCUT2D eigenvalue weighted by Crippen LogP contribution is -2.32. The van der Waals surface area contributed by atoms with Crippen LogP contribution in [0.3, 0.4) is 0 Å². The molecule has 0 aliphatic rings. The van der Waals surface area contributed by atoms with Gasteiger partial charge in [-0.05, 0) is 58.4 Å². The van der Waals surface area contributed by atoms with Crippen LogP contribution in [0.5, 0.6) is 0 Å². The molecule has 0 saturated carbocycles. The number of carbonyl (C=O) groups excluding carboxylic acids is 1. The zero-order valence-electron chi connectivity index (χ0n) is 13.7. The molecule has 0 aliphatic heterocycles. The quantitative estimate of drug-likeness (QED) is 0.695. The lowest BCUT2D eigenvalue weighted by atomic mass is 10.1. The normalized spacial score (nSPS) is 10.5. The summed E-state index contributed by atoms with van der Waals surface area (Å²) in [6.07, 6.45) is 0. The van der Waals surface area contributed by atoms with Gasteiger partial charge in [0.1, 0.15) is 5.82 Å². The molecule has 0 fully saturated rings. The van der Waals surface area contributed by atoms with Gasteiger partial charge < -0.3 is 5.32 Å². The van der Waals surface area contributed by atoms with Crippen molar-refractivity contribution in [2.45, 2.75) is 6.54 Å². The molecule has 2 aromatic carbocycles. The summed E-state index contributed by atoms with van der Waals surface area (Å²) in [5.41, 5.74) is 1.51. The van der Waals surface area contributed by atoms with Crippen molar-refractivity contribution in [3.63, 3.8) is 0 Å². The molecule has 0 spiro atoms. The maximum Gasteiger partial charge on any atom is 0.266 e. The Labute approximate surface area is 157 Å². The summed E-state index contributed by atoms with van der Waals surface area (Å²) in [6.45, 7) is 0.476. The van der Waals surface area contributed by atoms with Gasteiger partial charge in [0.2, 0.25) is 0 Å². The van der Waals surface area contributed by atoms with Crippen molar-refractivity contribution in [3.8, 4) is 11.3 Å². The first kappa shape index (κ1) is 18.0. The standard InChI is InChI=1S/C19H15BrFN3O2/c20-16-4-2-1-3-15(16)19(26)22-11-12-24-18(25)10-9-17(23-24)13-5-7-14(21)8-6-13/h1-10H,11-12H2,(H,22,26). The fourth-order valence-electron chi connectivity index (χ4n) is 2.40. The topological polar surface area (TPSA) is 64.0 Å². The summed E-state index contributed by atoms with van der Waals surface area (Å²) in [7, 11) is 0. The van der Waals surface area contributed by atoms with E-state index in [4.69, 9.17) is 0 Å². The lowest BCUT2D eigenvalue weighted by Gasteiger charge is -2.09. The van der Waals surface area contributed by atoms with Crippen LogP contribution in [0.2, 0.25) is 0 Å². The maximum atomic E-state index is 13.0. The van der Waals surface area contributed by atoms with Crippen LogP contribution < -0.4 is 10.9 Å². The molecule has 3 aromatic rings. The molecular weight excluding hydrogens is 401 g/mol. The number of aromatic nitrogens is 2. The highest BCUT2D eigenvalue weighted by Crippen LogP contribution is 2.16. The SMILES string of the molecule is O=C(NCCn1nc(-c2ccc(F)cc2)ccc1=O)c1ccccc1Br. The van der Waals surface area contributed by atoms with E-state index in [9.17, 15) is 14.0 Å². The summed E-state index contributed by atoms with van der Waals surface area (Å²) in [6, 6.07) is 16.0. The average Bonchev–Trinajstić information content (AvgIpc) is 2.64. The largest absolute Gasteiger partial charge is 0.350 e. The van der Waals surface area contributed by atoms with E-state index in [0.29, 0.717) is 21.3 Å². The summed E-state index contributed by atoms with van der Waals surface area (Å²) >= 11 is 3.33. The van der Waals surface area contributed by atoms with Crippen molar-refractivity contribution >= 4 is 21.8 Å². The van der Waals surface area contributed by atoms with Crippen molar-refractivity contribution in [1.82, 2.24) is 15.1 Å². The number of nitrogens with zero attached hydrogens (tertiary/aromatic N) is 2. The van der Waals surface area contributed by atoms with Gasteiger partial charge in [-0.15, -0.1) is 0 Å². The van der Waals surface area contributed by atoms with Gasteiger partial charge in [-0.25, -0.2) is 9.07 Å². The van der Waals surface area contributed by atoms with E-state index >= 15 is 0 Å². The van der Waals surface area contributed by atoms with Gasteiger partial charge in [0.05, 0.1) is 17.8 Å². The van der Waals surface area contributed by atoms with E-state index in [1.807, 2.05) is 6.07 Å². The summed E-state index contributed by atoms with van der Waals surface area (Å²) < 4.78 is 15.0. The van der Waals surface area contributed by atoms with E-state index in [-0.39, 0.29) is 30.4 Å². The molecular formula is C19H15BrFN3O2. The minimum atomic E-state index is -0.336. The van der Waals surface area contributed by atoms with Crippen LogP contribution in [0, 0.1) is 5.82 Å². The first-order chi connectivity index (χ1) is 12.5. The second-order valence-electron chi connectivity index (χ2n) is 5.52. The third-order valence-electron chi connectivity index (χ3n) is 3.73. The molecule has 132 valence electrons. The molecule has 0 radical (unpaired) electrons. The van der Waals surface area contributed by atoms with E-state index in [2.05, 4.69) is 26.3 Å². The molecule has 5 nitrogen and oxygen atoms in total. The van der Waals surface area contributed by atoms with E-state index in [1.54, 1.807) is 36.4 Å². The number of hydrogen-bond acceptors (Lipinski definition) is 3. The Morgan fingerprint density at radius 1 is 1.08 bits per heavy atom. The van der Waals surface area contributed by atoms with Crippen LogP contribution in [-0.4, -0.2) is 22.2 Å². The highest BCUT2D eigenvalue weighted by atomic mass is 79.9. The van der Waals surface area contributed by atoms with E-state index in [1.165, 1.54) is 22.9 Å². The molecule has 3 rings (SSSR count). The van der Waals surface area contributed by atoms with Crippen LogP contribution in [0.15, 0.2) is 69.9 Å². The van der Waals surface area contributed by atoms with Crippen molar-refractivity contribution < 1.29 is 9.18 Å². The minimum Gasteiger partial charge on any atom is -0.350 e. The molecule has 0 unspecified atom stereocenters. The van der Waals surface area contributed by atoms with Crippen LogP contribution in [0.4, 0.5) is 4.39 Å². The van der Waals surface area contributed by atoms with Crippen molar-refractivity contribution in [1.29, 1.82) is 0 Å². The molecule has 7 heteroatoms. The summed E-state index contributed by atoms with van der Waals surface area (Å²) in [5, 5.41) is 7.04. The van der Waals surface area contributed by atoms with Crippen LogP contribution >= 0.6 is 15.9 Å². The van der Waals surface area contributed by atoms with Crippen molar-refractivity contribution in [2.24, 2.45) is 0 Å². The maximum absolute atomic E-state index is 13.0. The molecule has 1 N–H and O–H groups in total. The fraction of sp³-hybridized carbons (Fsp3) is 0.105. The number of amides is 1. The smallest absolute Gasteiger partial charge is 0.266 e. The number of hydrogen-bond donors (Lipinski definition) is 1. The number of benzene rings is 2. The van der Waals surface area contributed by atoms with Gasteiger partial charge in [0, 0.05) is 22.6 Å². The van der Waals surface area contributed by atoms with Crippen molar-refractivity contribution in [3.05, 3.63) is 86.9 Å². The highest BCUT2D eigenvalue weighted by Gasteiger charge is 2.09. The number of nitrogens with one attached hydrogen (secondary N) is 1. The summed E-state index contributed by atoms with van der Waals surface area (Å²) in [5.74, 6) is -0.572. The third-order valence-corrected chi connectivity index (χ3v) is 4.43. The molecule has 0 bridgehead atoms. The average molecular weight is 416 g/mol. The van der Waals surface area contributed by atoms with Gasteiger partial charge in [-0.3, -0.25) is 9.59 Å². The van der Waals surface area contributed by atoms with Gasteiger partial charge in [0.15, 0.2) is 0 Å². The fourth-order valence-corrected chi connectivity index (χ4v) is 2.86. The number of carbonyl (C=O) groups is 1. The molecule has 1 heterocycles. The molecule has 1 amide bonds. The summed E-state index contributed by atoms with van der Waals surface area (Å²) in [4.78, 5) is 24.2. The Bertz CT molecular complexity index is 987. The van der Waals surface area contributed by atoms with Crippen LogP contribution in [-0.2, 0) is 6.54 Å². The number of halogens is 2. The van der Waals surface area contributed by atoms with Crippen molar-refractivity contribution in [2.75, 3.05) is 6.54 Å². The minimum absolute atomic E-state index is 0.226. The molecule has 1 aromatic heterocycles. The Kier molecular flexibility index (Phi) is 5.58. The highest BCUT2D eigenvalue weighted by molar-refractivity contribution is 9.10. The predicted molar refractivity (Wildman–Crippen MR) is 100 cm³/mol. The zero-order valence-corrected chi connectivity index (χ0v) is 15.2. The second kappa shape index (κ2) is 8.05. The monoisotopic (exact) mass is 415 g/mol. The Morgan fingerprint density at radius 2 is 1.81 bits per heavy atom. The lowest BCUT2D eigenvalue weighted by molar-refractivity contribution is 0.0951. The van der Waals surface area contributed by atoms with E-state index < -0.39 is 0 Å². The van der Waals surface area contributed by atoms with Gasteiger partial charge in [-0.1, -0.05) is 12.1 Å². The Morgan fingerprint density at radius 3 is 2.54 bits per heavy atom. The third kappa shape index (κ3) is 4.23. The molecule has 0 aliphatic carbocycles. The first-order valence-electron chi connectivity index (χ1n) is 7.91. The predicted octanol–water partition coefficient (Wildman–Crippen LogP) is 3.24. The zero-order chi connectivity index (χ0) is 18.5. The van der Waals surface area contributed by atoms with Crippen LogP contribution in [0.25, 0.3) is 11.3 Å². The Hall–Kier alpha value is -2.80. The first-order valence-corrected chi connectivity index (χ1v) is 8.71. The molecule has 0 saturated heterocycles. The molecule has 0 atom stereocenters. The van der Waals surface area contributed by atoms with E-state index in [0.717, 1.165) is 0 Å². The van der Waals surface area contributed by atoms with Gasteiger partial charge in [-0.2, -0.15) is 5.10 Å². The van der Waals surface area contributed by atoms with Gasteiger partial charge in [0.25, 0.3) is 11.5 Å². The van der Waals surface area contributed by atoms with Gasteiger partial charge >= 0.3 is 0 Å². The number of rotatable bonds is 5.